The van der Waals surface area contributed by atoms with E-state index in [1.165, 1.54) is 0 Å². The van der Waals surface area contributed by atoms with Gasteiger partial charge in [0, 0.05) is 22.5 Å². The highest BCUT2D eigenvalue weighted by Crippen LogP contribution is 2.27. The highest BCUT2D eigenvalue weighted by molar-refractivity contribution is 6.33. The number of hydrogen-bond acceptors (Lipinski definition) is 1. The maximum Gasteiger partial charge on any atom is 0.0454 e. The summed E-state index contributed by atoms with van der Waals surface area (Å²) in [6.07, 6.45) is 7.64. The molecule has 1 aromatic carbocycles. The van der Waals surface area contributed by atoms with Gasteiger partial charge in [-0.15, -0.1) is 12.3 Å². The van der Waals surface area contributed by atoms with E-state index in [2.05, 4.69) is 5.92 Å². The molecule has 0 saturated carbocycles. The largest absolute Gasteiger partial charge is 0.324 e. The van der Waals surface area contributed by atoms with Crippen LogP contribution in [0.4, 0.5) is 0 Å². The second kappa shape index (κ2) is 6.02. The molecular formula is C12H13Cl2N. The molecule has 0 fully saturated rings. The maximum absolute atomic E-state index is 6.02. The van der Waals surface area contributed by atoms with Crippen molar-refractivity contribution in [2.24, 2.45) is 5.73 Å². The van der Waals surface area contributed by atoms with E-state index in [1.807, 2.05) is 6.07 Å². The minimum Gasteiger partial charge on any atom is -0.324 e. The third-order valence-electron chi connectivity index (χ3n) is 2.19. The molecule has 0 aliphatic carbocycles. The molecule has 1 aromatic rings. The number of unbranched alkanes of at least 4 members (excludes halogenated alkanes) is 1. The summed E-state index contributed by atoms with van der Waals surface area (Å²) in [6.45, 7) is 0. The second-order valence-corrected chi connectivity index (χ2v) is 4.21. The van der Waals surface area contributed by atoms with Crippen molar-refractivity contribution in [3.63, 3.8) is 0 Å². The third kappa shape index (κ3) is 3.76. The Labute approximate surface area is 101 Å². The molecule has 1 nitrogen and oxygen atoms in total. The van der Waals surface area contributed by atoms with Crippen molar-refractivity contribution in [3.05, 3.63) is 33.8 Å². The van der Waals surface area contributed by atoms with Crippen LogP contribution in [-0.4, -0.2) is 0 Å². The first-order valence-corrected chi connectivity index (χ1v) is 5.54. The Hall–Kier alpha value is -0.680. The third-order valence-corrected chi connectivity index (χ3v) is 2.77. The van der Waals surface area contributed by atoms with E-state index in [0.29, 0.717) is 10.0 Å². The molecule has 1 rings (SSSR count). The highest BCUT2D eigenvalue weighted by Gasteiger charge is 2.10. The van der Waals surface area contributed by atoms with E-state index >= 15 is 0 Å². The van der Waals surface area contributed by atoms with Crippen molar-refractivity contribution >= 4 is 23.2 Å². The van der Waals surface area contributed by atoms with Crippen LogP contribution in [0.2, 0.25) is 10.0 Å². The van der Waals surface area contributed by atoms with E-state index in [4.69, 9.17) is 35.4 Å². The fraction of sp³-hybridized carbons (Fsp3) is 0.333. The lowest BCUT2D eigenvalue weighted by atomic mass is 10.0. The topological polar surface area (TPSA) is 26.0 Å². The Balaban J connectivity index is 2.69. The number of rotatable bonds is 4. The van der Waals surface area contributed by atoms with Crippen LogP contribution in [0.3, 0.4) is 0 Å². The summed E-state index contributed by atoms with van der Waals surface area (Å²) in [5.74, 6) is 2.59. The molecule has 0 aliphatic heterocycles. The molecule has 0 heterocycles. The van der Waals surface area contributed by atoms with Crippen molar-refractivity contribution in [1.82, 2.24) is 0 Å². The average molecular weight is 242 g/mol. The van der Waals surface area contributed by atoms with Crippen molar-refractivity contribution < 1.29 is 0 Å². The monoisotopic (exact) mass is 241 g/mol. The fourth-order valence-electron chi connectivity index (χ4n) is 1.38. The molecule has 15 heavy (non-hydrogen) atoms. The summed E-state index contributed by atoms with van der Waals surface area (Å²) in [6, 6.07) is 5.23. The minimum absolute atomic E-state index is 0.0930. The molecule has 0 radical (unpaired) electrons. The van der Waals surface area contributed by atoms with Gasteiger partial charge < -0.3 is 5.73 Å². The fourth-order valence-corrected chi connectivity index (χ4v) is 1.82. The van der Waals surface area contributed by atoms with E-state index < -0.39 is 0 Å². The van der Waals surface area contributed by atoms with Gasteiger partial charge in [-0.1, -0.05) is 23.2 Å². The predicted molar refractivity (Wildman–Crippen MR) is 66.1 cm³/mol. The van der Waals surface area contributed by atoms with Gasteiger partial charge in [-0.3, -0.25) is 0 Å². The van der Waals surface area contributed by atoms with Gasteiger partial charge in [0.25, 0.3) is 0 Å². The summed E-state index contributed by atoms with van der Waals surface area (Å²) in [5.41, 5.74) is 6.88. The van der Waals surface area contributed by atoms with E-state index in [1.54, 1.807) is 12.1 Å². The number of benzene rings is 1. The van der Waals surface area contributed by atoms with Crippen LogP contribution < -0.4 is 5.73 Å². The van der Waals surface area contributed by atoms with Gasteiger partial charge in [0.15, 0.2) is 0 Å². The first-order chi connectivity index (χ1) is 7.15. The van der Waals surface area contributed by atoms with Gasteiger partial charge in [-0.05, 0) is 36.6 Å². The van der Waals surface area contributed by atoms with Crippen molar-refractivity contribution in [1.29, 1.82) is 0 Å². The Kier molecular flexibility index (Phi) is 4.98. The van der Waals surface area contributed by atoms with E-state index in [-0.39, 0.29) is 6.04 Å². The number of nitrogens with two attached hydrogens (primary N) is 1. The molecule has 0 bridgehead atoms. The molecule has 2 N–H and O–H groups in total. The zero-order valence-electron chi connectivity index (χ0n) is 8.34. The minimum atomic E-state index is -0.0930. The predicted octanol–water partition coefficient (Wildman–Crippen LogP) is 3.80. The zero-order chi connectivity index (χ0) is 11.3. The Bertz CT molecular complexity index is 368. The highest BCUT2D eigenvalue weighted by atomic mass is 35.5. The molecule has 0 spiro atoms. The standard InChI is InChI=1S/C12H13Cl2N/c1-2-3-4-5-12(15)10-8-9(13)6-7-11(10)14/h1,6-8,12H,3-5,15H2. The summed E-state index contributed by atoms with van der Waals surface area (Å²) < 4.78 is 0. The molecule has 1 unspecified atom stereocenters. The summed E-state index contributed by atoms with van der Waals surface area (Å²) in [4.78, 5) is 0. The Morgan fingerprint density at radius 3 is 2.80 bits per heavy atom. The Morgan fingerprint density at radius 2 is 2.13 bits per heavy atom. The molecule has 3 heteroatoms. The first-order valence-electron chi connectivity index (χ1n) is 4.79. The molecule has 80 valence electrons. The lowest BCUT2D eigenvalue weighted by Gasteiger charge is -2.13. The number of hydrogen-bond donors (Lipinski definition) is 1. The van der Waals surface area contributed by atoms with Gasteiger partial charge in [0.05, 0.1) is 0 Å². The van der Waals surface area contributed by atoms with Crippen LogP contribution in [-0.2, 0) is 0 Å². The molecular weight excluding hydrogens is 229 g/mol. The van der Waals surface area contributed by atoms with Crippen LogP contribution in [0.25, 0.3) is 0 Å². The van der Waals surface area contributed by atoms with Crippen molar-refractivity contribution in [2.45, 2.75) is 25.3 Å². The summed E-state index contributed by atoms with van der Waals surface area (Å²) in [5, 5.41) is 1.31. The van der Waals surface area contributed by atoms with Crippen molar-refractivity contribution in [3.8, 4) is 12.3 Å². The number of halogens is 2. The van der Waals surface area contributed by atoms with Crippen LogP contribution in [0.15, 0.2) is 18.2 Å². The second-order valence-electron chi connectivity index (χ2n) is 3.37. The van der Waals surface area contributed by atoms with Gasteiger partial charge in [-0.25, -0.2) is 0 Å². The Morgan fingerprint density at radius 1 is 1.40 bits per heavy atom. The normalized spacial score (nSPS) is 12.1. The summed E-state index contributed by atoms with van der Waals surface area (Å²) in [7, 11) is 0. The quantitative estimate of drug-likeness (QED) is 0.630. The molecule has 1 atom stereocenters. The zero-order valence-corrected chi connectivity index (χ0v) is 9.85. The summed E-state index contributed by atoms with van der Waals surface area (Å²) >= 11 is 11.9. The van der Waals surface area contributed by atoms with Gasteiger partial charge in [0.2, 0.25) is 0 Å². The van der Waals surface area contributed by atoms with Crippen LogP contribution in [0.5, 0.6) is 0 Å². The van der Waals surface area contributed by atoms with Gasteiger partial charge in [-0.2, -0.15) is 0 Å². The molecule has 0 amide bonds. The lowest BCUT2D eigenvalue weighted by Crippen LogP contribution is -2.10. The average Bonchev–Trinajstić information content (AvgIpc) is 2.22. The van der Waals surface area contributed by atoms with Crippen LogP contribution >= 0.6 is 23.2 Å². The maximum atomic E-state index is 6.02. The van der Waals surface area contributed by atoms with E-state index in [9.17, 15) is 0 Å². The molecule has 0 aliphatic rings. The van der Waals surface area contributed by atoms with Gasteiger partial charge >= 0.3 is 0 Å². The SMILES string of the molecule is C#CCCCC(N)c1cc(Cl)ccc1Cl. The number of terminal acetylenes is 1. The molecule has 0 saturated heterocycles. The van der Waals surface area contributed by atoms with Crippen LogP contribution in [0.1, 0.15) is 30.9 Å². The van der Waals surface area contributed by atoms with E-state index in [0.717, 1.165) is 24.8 Å². The van der Waals surface area contributed by atoms with Crippen molar-refractivity contribution in [2.75, 3.05) is 0 Å². The van der Waals surface area contributed by atoms with Crippen LogP contribution in [0, 0.1) is 12.3 Å². The van der Waals surface area contributed by atoms with Gasteiger partial charge in [0.1, 0.15) is 0 Å². The lowest BCUT2D eigenvalue weighted by molar-refractivity contribution is 0.621. The molecule has 0 aromatic heterocycles. The first kappa shape index (κ1) is 12.4. The smallest absolute Gasteiger partial charge is 0.0454 e.